The lowest BCUT2D eigenvalue weighted by molar-refractivity contribution is -0.0343. The Morgan fingerprint density at radius 1 is 1.33 bits per heavy atom. The molecule has 2 aliphatic rings. The van der Waals surface area contributed by atoms with Gasteiger partial charge in [0.1, 0.15) is 0 Å². The number of pyridine rings is 1. The molecule has 0 aromatic carbocycles. The van der Waals surface area contributed by atoms with E-state index in [1.807, 2.05) is 19.1 Å². The normalized spacial score (nSPS) is 24.5. The van der Waals surface area contributed by atoms with E-state index in [-0.39, 0.29) is 17.5 Å². The van der Waals surface area contributed by atoms with Crippen molar-refractivity contribution in [3.8, 4) is 0 Å². The van der Waals surface area contributed by atoms with Gasteiger partial charge < -0.3 is 9.47 Å². The van der Waals surface area contributed by atoms with Gasteiger partial charge in [-0.15, -0.1) is 0 Å². The molecule has 0 aliphatic carbocycles. The van der Waals surface area contributed by atoms with E-state index in [2.05, 4.69) is 4.98 Å². The zero-order valence-electron chi connectivity index (χ0n) is 14.2. The number of hydrogen-bond acceptors (Lipinski definition) is 5. The fourth-order valence-corrected chi connectivity index (χ4v) is 5.02. The van der Waals surface area contributed by atoms with Crippen molar-refractivity contribution in [1.29, 1.82) is 0 Å². The number of nitrogens with zero attached hydrogens (tertiary/aromatic N) is 2. The van der Waals surface area contributed by atoms with Crippen molar-refractivity contribution in [3.05, 3.63) is 30.1 Å². The number of aromatic nitrogens is 1. The largest absolute Gasteiger partial charge is 0.372 e. The zero-order valence-corrected chi connectivity index (χ0v) is 15.0. The Bertz CT molecular complexity index is 627. The highest BCUT2D eigenvalue weighted by Crippen LogP contribution is 2.37. The molecule has 2 fully saturated rings. The molecule has 0 radical (unpaired) electrons. The maximum absolute atomic E-state index is 12.2. The fraction of sp³-hybridized carbons (Fsp3) is 0.706. The third-order valence-electron chi connectivity index (χ3n) is 4.90. The van der Waals surface area contributed by atoms with Crippen molar-refractivity contribution in [3.63, 3.8) is 0 Å². The van der Waals surface area contributed by atoms with Crippen LogP contribution in [0.25, 0.3) is 0 Å². The van der Waals surface area contributed by atoms with E-state index in [9.17, 15) is 8.42 Å². The Hall–Kier alpha value is -1.02. The van der Waals surface area contributed by atoms with Gasteiger partial charge in [0.25, 0.3) is 0 Å². The Morgan fingerprint density at radius 2 is 2.04 bits per heavy atom. The summed E-state index contributed by atoms with van der Waals surface area (Å²) in [6.07, 6.45) is 6.62. The lowest BCUT2D eigenvalue weighted by Gasteiger charge is -2.37. The number of hydrogen-bond donors (Lipinski definition) is 0. The van der Waals surface area contributed by atoms with Gasteiger partial charge in [-0.05, 0) is 37.0 Å². The Kier molecular flexibility index (Phi) is 5.54. The molecule has 6 nitrogen and oxygen atoms in total. The molecule has 3 heterocycles. The van der Waals surface area contributed by atoms with Crippen molar-refractivity contribution in [2.45, 2.75) is 50.9 Å². The van der Waals surface area contributed by atoms with Crippen molar-refractivity contribution in [2.75, 3.05) is 25.4 Å². The van der Waals surface area contributed by atoms with E-state index in [1.54, 1.807) is 16.7 Å². The van der Waals surface area contributed by atoms with E-state index >= 15 is 0 Å². The number of piperidine rings is 1. The highest BCUT2D eigenvalue weighted by atomic mass is 32.2. The first-order valence-corrected chi connectivity index (χ1v) is 10.3. The van der Waals surface area contributed by atoms with Crippen LogP contribution in [-0.2, 0) is 26.1 Å². The molecular formula is C17H26N2O4S. The molecule has 0 saturated carbocycles. The van der Waals surface area contributed by atoms with E-state index in [4.69, 9.17) is 9.47 Å². The summed E-state index contributed by atoms with van der Waals surface area (Å²) in [5, 5.41) is 0. The standard InChI is InChI=1S/C17H26N2O4S/c1-2-11-24(20,21)19-9-5-17(6-10-19)12-16(14-23-17)22-13-15-3-7-18-8-4-15/h3-4,7-8,16H,2,5-6,9-14H2,1H3. The third-order valence-corrected chi connectivity index (χ3v) is 6.98. The zero-order chi connectivity index (χ0) is 17.0. The summed E-state index contributed by atoms with van der Waals surface area (Å²) in [5.41, 5.74) is 0.896. The molecule has 3 rings (SSSR count). The van der Waals surface area contributed by atoms with Crippen LogP contribution >= 0.6 is 0 Å². The summed E-state index contributed by atoms with van der Waals surface area (Å²) in [7, 11) is -3.10. The monoisotopic (exact) mass is 354 g/mol. The van der Waals surface area contributed by atoms with Gasteiger partial charge in [0, 0.05) is 31.9 Å². The van der Waals surface area contributed by atoms with Gasteiger partial charge in [-0.3, -0.25) is 4.98 Å². The Morgan fingerprint density at radius 3 is 2.71 bits per heavy atom. The van der Waals surface area contributed by atoms with E-state index in [1.165, 1.54) is 0 Å². The average Bonchev–Trinajstić information content (AvgIpc) is 2.97. The minimum Gasteiger partial charge on any atom is -0.372 e. The van der Waals surface area contributed by atoms with Gasteiger partial charge in [0.05, 0.1) is 30.7 Å². The highest BCUT2D eigenvalue weighted by Gasteiger charge is 2.44. The van der Waals surface area contributed by atoms with Gasteiger partial charge in [0.15, 0.2) is 0 Å². The van der Waals surface area contributed by atoms with Crippen molar-refractivity contribution in [1.82, 2.24) is 9.29 Å². The SMILES string of the molecule is CCCS(=O)(=O)N1CCC2(CC1)CC(OCc1ccncc1)CO2. The summed E-state index contributed by atoms with van der Waals surface area (Å²) < 4.78 is 38.0. The van der Waals surface area contributed by atoms with Crippen molar-refractivity contribution in [2.24, 2.45) is 0 Å². The number of sulfonamides is 1. The molecule has 2 saturated heterocycles. The summed E-state index contributed by atoms with van der Waals surface area (Å²) in [6.45, 7) is 4.16. The first-order valence-electron chi connectivity index (χ1n) is 8.65. The highest BCUT2D eigenvalue weighted by molar-refractivity contribution is 7.89. The van der Waals surface area contributed by atoms with E-state index in [0.717, 1.165) is 24.8 Å². The molecule has 0 bridgehead atoms. The van der Waals surface area contributed by atoms with Crippen LogP contribution in [0.3, 0.4) is 0 Å². The minimum atomic E-state index is -3.10. The summed E-state index contributed by atoms with van der Waals surface area (Å²) >= 11 is 0. The van der Waals surface area contributed by atoms with Gasteiger partial charge in [-0.1, -0.05) is 6.92 Å². The van der Waals surface area contributed by atoms with E-state index < -0.39 is 10.0 Å². The Labute approximate surface area is 144 Å². The quantitative estimate of drug-likeness (QED) is 0.781. The summed E-state index contributed by atoms with van der Waals surface area (Å²) in [4.78, 5) is 4.00. The van der Waals surface area contributed by atoms with Crippen LogP contribution < -0.4 is 0 Å². The first kappa shape index (κ1) is 17.8. The van der Waals surface area contributed by atoms with Crippen LogP contribution in [0.4, 0.5) is 0 Å². The molecular weight excluding hydrogens is 328 g/mol. The first-order chi connectivity index (χ1) is 11.5. The molecule has 0 amide bonds. The topological polar surface area (TPSA) is 68.7 Å². The second-order valence-electron chi connectivity index (χ2n) is 6.70. The van der Waals surface area contributed by atoms with Crippen LogP contribution in [0, 0.1) is 0 Å². The molecule has 1 aromatic heterocycles. The molecule has 24 heavy (non-hydrogen) atoms. The molecule has 1 aromatic rings. The van der Waals surface area contributed by atoms with Crippen LogP contribution in [0.5, 0.6) is 0 Å². The number of rotatable bonds is 6. The molecule has 1 unspecified atom stereocenters. The smallest absolute Gasteiger partial charge is 0.214 e. The molecule has 7 heteroatoms. The maximum atomic E-state index is 12.2. The van der Waals surface area contributed by atoms with Crippen LogP contribution in [0.1, 0.15) is 38.2 Å². The molecule has 1 atom stereocenters. The summed E-state index contributed by atoms with van der Waals surface area (Å²) in [6, 6.07) is 3.89. The predicted octanol–water partition coefficient (Wildman–Crippen LogP) is 1.96. The molecule has 1 spiro atoms. The van der Waals surface area contributed by atoms with Gasteiger partial charge in [0.2, 0.25) is 10.0 Å². The average molecular weight is 354 g/mol. The second kappa shape index (κ2) is 7.47. The van der Waals surface area contributed by atoms with Gasteiger partial charge in [-0.2, -0.15) is 0 Å². The fourth-order valence-electron chi connectivity index (χ4n) is 3.51. The Balaban J connectivity index is 1.49. The van der Waals surface area contributed by atoms with E-state index in [0.29, 0.717) is 32.7 Å². The van der Waals surface area contributed by atoms with Crippen LogP contribution in [-0.4, -0.2) is 54.9 Å². The molecule has 2 aliphatic heterocycles. The third kappa shape index (κ3) is 4.14. The summed E-state index contributed by atoms with van der Waals surface area (Å²) in [5.74, 6) is 0.235. The van der Waals surface area contributed by atoms with Crippen LogP contribution in [0.15, 0.2) is 24.5 Å². The van der Waals surface area contributed by atoms with Gasteiger partial charge >= 0.3 is 0 Å². The van der Waals surface area contributed by atoms with Crippen molar-refractivity contribution >= 4 is 10.0 Å². The molecule has 134 valence electrons. The second-order valence-corrected chi connectivity index (χ2v) is 8.79. The lowest BCUT2D eigenvalue weighted by atomic mass is 9.89. The number of ether oxygens (including phenoxy) is 2. The van der Waals surface area contributed by atoms with Crippen molar-refractivity contribution < 1.29 is 17.9 Å². The minimum absolute atomic E-state index is 0.0805. The van der Waals surface area contributed by atoms with Crippen LogP contribution in [0.2, 0.25) is 0 Å². The lowest BCUT2D eigenvalue weighted by Crippen LogP contribution is -2.47. The molecule has 0 N–H and O–H groups in total. The predicted molar refractivity (Wildman–Crippen MR) is 91.0 cm³/mol. The van der Waals surface area contributed by atoms with Gasteiger partial charge in [-0.25, -0.2) is 12.7 Å². The maximum Gasteiger partial charge on any atom is 0.214 e.